The Bertz CT molecular complexity index is 860. The molecule has 2 aromatic rings. The van der Waals surface area contributed by atoms with Crippen LogP contribution in [0.1, 0.15) is 6.42 Å². The topological polar surface area (TPSA) is 94.2 Å². The minimum Gasteiger partial charge on any atom is -0.340 e. The second-order valence-corrected chi connectivity index (χ2v) is 5.74. The lowest BCUT2D eigenvalue weighted by Gasteiger charge is -2.20. The zero-order valence-corrected chi connectivity index (χ0v) is 14.5. The first-order chi connectivity index (χ1) is 11.0. The summed E-state index contributed by atoms with van der Waals surface area (Å²) >= 11 is 0. The molecule has 1 fully saturated rings. The van der Waals surface area contributed by atoms with Gasteiger partial charge in [-0.2, -0.15) is 0 Å². The number of amides is 1. The summed E-state index contributed by atoms with van der Waals surface area (Å²) in [6, 6.07) is 0. The maximum absolute atomic E-state index is 12.6. The predicted molar refractivity (Wildman–Crippen MR) is 91.5 cm³/mol. The highest BCUT2D eigenvalue weighted by atomic mass is 35.5. The Morgan fingerprint density at radius 2 is 2.00 bits per heavy atom. The van der Waals surface area contributed by atoms with E-state index in [1.54, 1.807) is 23.6 Å². The van der Waals surface area contributed by atoms with Crippen molar-refractivity contribution >= 4 is 29.5 Å². The number of hydrogen-bond donors (Lipinski definition) is 1. The number of nitrogens with one attached hydrogen (secondary N) is 1. The summed E-state index contributed by atoms with van der Waals surface area (Å²) in [6.07, 6.45) is 2.34. The minimum atomic E-state index is -0.525. The third-order valence-electron chi connectivity index (χ3n) is 4.19. The molecular formula is C14H21ClN6O3. The standard InChI is InChI=1S/C14H20N6O3.ClH/c1-17-9-16-12-11(17)13(22)20(14(23)18(12)2)8-10(21)19-6-3-4-15-5-7-19;/h9,15H,3-8H2,1-2H3;1H. The number of rotatable bonds is 2. The van der Waals surface area contributed by atoms with Crippen LogP contribution in [0.2, 0.25) is 0 Å². The Labute approximate surface area is 144 Å². The Morgan fingerprint density at radius 1 is 1.25 bits per heavy atom. The van der Waals surface area contributed by atoms with E-state index in [4.69, 9.17) is 0 Å². The van der Waals surface area contributed by atoms with Gasteiger partial charge in [-0.05, 0) is 13.0 Å². The molecule has 24 heavy (non-hydrogen) atoms. The number of carbonyl (C=O) groups is 1. The molecule has 9 nitrogen and oxygen atoms in total. The Morgan fingerprint density at radius 3 is 2.75 bits per heavy atom. The van der Waals surface area contributed by atoms with Crippen LogP contribution in [0.15, 0.2) is 15.9 Å². The number of carbonyl (C=O) groups excluding carboxylic acids is 1. The summed E-state index contributed by atoms with van der Waals surface area (Å²) in [5.74, 6) is -0.214. The molecular weight excluding hydrogens is 336 g/mol. The van der Waals surface area contributed by atoms with E-state index in [2.05, 4.69) is 10.3 Å². The van der Waals surface area contributed by atoms with Gasteiger partial charge in [0.25, 0.3) is 5.56 Å². The van der Waals surface area contributed by atoms with E-state index in [9.17, 15) is 14.4 Å². The van der Waals surface area contributed by atoms with Crippen molar-refractivity contribution in [1.82, 2.24) is 28.9 Å². The molecule has 1 amide bonds. The fraction of sp³-hybridized carbons (Fsp3) is 0.571. The van der Waals surface area contributed by atoms with Gasteiger partial charge >= 0.3 is 5.69 Å². The lowest BCUT2D eigenvalue weighted by atomic mass is 10.3. The number of hydrogen-bond acceptors (Lipinski definition) is 5. The molecule has 0 bridgehead atoms. The van der Waals surface area contributed by atoms with Crippen LogP contribution < -0.4 is 16.6 Å². The maximum atomic E-state index is 12.6. The largest absolute Gasteiger partial charge is 0.340 e. The van der Waals surface area contributed by atoms with Gasteiger partial charge in [-0.3, -0.25) is 14.2 Å². The van der Waals surface area contributed by atoms with E-state index >= 15 is 0 Å². The van der Waals surface area contributed by atoms with E-state index in [0.29, 0.717) is 24.3 Å². The van der Waals surface area contributed by atoms with Crippen LogP contribution in [-0.4, -0.2) is 55.7 Å². The van der Waals surface area contributed by atoms with Gasteiger partial charge < -0.3 is 14.8 Å². The van der Waals surface area contributed by atoms with Crippen molar-refractivity contribution in [3.63, 3.8) is 0 Å². The average molecular weight is 357 g/mol. The van der Waals surface area contributed by atoms with Gasteiger partial charge in [0.05, 0.1) is 6.33 Å². The molecule has 2 aromatic heterocycles. The molecule has 3 heterocycles. The minimum absolute atomic E-state index is 0. The zero-order chi connectivity index (χ0) is 16.6. The fourth-order valence-electron chi connectivity index (χ4n) is 2.87. The van der Waals surface area contributed by atoms with Crippen LogP contribution in [0.25, 0.3) is 11.2 Å². The number of aryl methyl sites for hydroxylation is 2. The van der Waals surface area contributed by atoms with Crippen molar-refractivity contribution in [3.05, 3.63) is 27.2 Å². The van der Waals surface area contributed by atoms with E-state index in [1.807, 2.05) is 0 Å². The van der Waals surface area contributed by atoms with E-state index in [0.717, 1.165) is 24.1 Å². The Kier molecular flexibility index (Phi) is 5.45. The highest BCUT2D eigenvalue weighted by molar-refractivity contribution is 5.85. The molecule has 0 aliphatic carbocycles. The number of fused-ring (bicyclic) bond motifs is 1. The molecule has 0 atom stereocenters. The van der Waals surface area contributed by atoms with Crippen LogP contribution >= 0.6 is 12.4 Å². The van der Waals surface area contributed by atoms with Crippen LogP contribution in [0, 0.1) is 0 Å². The fourth-order valence-corrected chi connectivity index (χ4v) is 2.87. The van der Waals surface area contributed by atoms with Gasteiger partial charge in [-0.15, -0.1) is 12.4 Å². The van der Waals surface area contributed by atoms with Crippen LogP contribution in [0.5, 0.6) is 0 Å². The van der Waals surface area contributed by atoms with E-state index in [-0.39, 0.29) is 24.9 Å². The number of halogens is 1. The lowest BCUT2D eigenvalue weighted by Crippen LogP contribution is -2.45. The Hall–Kier alpha value is -2.13. The summed E-state index contributed by atoms with van der Waals surface area (Å²) in [5.41, 5.74) is -0.366. The molecule has 3 rings (SSSR count). The second kappa shape index (κ2) is 7.18. The van der Waals surface area contributed by atoms with Crippen molar-refractivity contribution in [2.45, 2.75) is 13.0 Å². The van der Waals surface area contributed by atoms with Gasteiger partial charge in [0.15, 0.2) is 11.2 Å². The average Bonchev–Trinajstić information content (AvgIpc) is 2.76. The molecule has 0 radical (unpaired) electrons. The third-order valence-corrected chi connectivity index (χ3v) is 4.19. The normalized spacial score (nSPS) is 15.2. The van der Waals surface area contributed by atoms with Gasteiger partial charge in [-0.25, -0.2) is 14.3 Å². The number of nitrogens with zero attached hydrogens (tertiary/aromatic N) is 5. The summed E-state index contributed by atoms with van der Waals surface area (Å²) in [5, 5.41) is 3.22. The smallest absolute Gasteiger partial charge is 0.332 e. The van der Waals surface area contributed by atoms with Gasteiger partial charge in [0, 0.05) is 33.7 Å². The van der Waals surface area contributed by atoms with Crippen LogP contribution in [-0.2, 0) is 25.4 Å². The third kappa shape index (κ3) is 3.09. The van der Waals surface area contributed by atoms with Gasteiger partial charge in [0.1, 0.15) is 6.54 Å². The molecule has 10 heteroatoms. The molecule has 1 aliphatic rings. The first-order valence-electron chi connectivity index (χ1n) is 7.60. The molecule has 0 spiro atoms. The van der Waals surface area contributed by atoms with Gasteiger partial charge in [-0.1, -0.05) is 0 Å². The van der Waals surface area contributed by atoms with Crippen molar-refractivity contribution in [2.24, 2.45) is 14.1 Å². The van der Waals surface area contributed by atoms with Gasteiger partial charge in [0.2, 0.25) is 5.91 Å². The maximum Gasteiger partial charge on any atom is 0.332 e. The molecule has 1 saturated heterocycles. The SMILES string of the molecule is Cl.Cn1cnc2c1c(=O)n(CC(=O)N1CCCNCC1)c(=O)n2C. The van der Waals surface area contributed by atoms with Crippen molar-refractivity contribution in [1.29, 1.82) is 0 Å². The first-order valence-corrected chi connectivity index (χ1v) is 7.60. The van der Waals surface area contributed by atoms with E-state index < -0.39 is 11.2 Å². The second-order valence-electron chi connectivity index (χ2n) is 5.74. The Balaban J connectivity index is 0.00000208. The first kappa shape index (κ1) is 18.2. The van der Waals surface area contributed by atoms with Crippen molar-refractivity contribution < 1.29 is 4.79 Å². The quantitative estimate of drug-likeness (QED) is 0.720. The van der Waals surface area contributed by atoms with Crippen molar-refractivity contribution in [2.75, 3.05) is 26.2 Å². The summed E-state index contributed by atoms with van der Waals surface area (Å²) in [7, 11) is 3.24. The zero-order valence-electron chi connectivity index (χ0n) is 13.7. The monoisotopic (exact) mass is 356 g/mol. The number of aromatic nitrogens is 4. The molecule has 132 valence electrons. The molecule has 0 saturated carbocycles. The lowest BCUT2D eigenvalue weighted by molar-refractivity contribution is -0.131. The molecule has 0 unspecified atom stereocenters. The van der Waals surface area contributed by atoms with Crippen LogP contribution in [0.3, 0.4) is 0 Å². The predicted octanol–water partition coefficient (Wildman–Crippen LogP) is -1.32. The number of imidazole rings is 1. The summed E-state index contributed by atoms with van der Waals surface area (Å²) in [4.78, 5) is 43.2. The van der Waals surface area contributed by atoms with Crippen LogP contribution in [0.4, 0.5) is 0 Å². The highest BCUT2D eigenvalue weighted by Crippen LogP contribution is 2.03. The molecule has 1 N–H and O–H groups in total. The molecule has 1 aliphatic heterocycles. The van der Waals surface area contributed by atoms with E-state index in [1.165, 1.54) is 10.9 Å². The summed E-state index contributed by atoms with van der Waals surface area (Å²) in [6.45, 7) is 2.56. The van der Waals surface area contributed by atoms with Crippen molar-refractivity contribution in [3.8, 4) is 0 Å². The molecule has 0 aromatic carbocycles. The highest BCUT2D eigenvalue weighted by Gasteiger charge is 2.20. The summed E-state index contributed by atoms with van der Waals surface area (Å²) < 4.78 is 3.85.